The lowest BCUT2D eigenvalue weighted by Crippen LogP contribution is -2.33. The third kappa shape index (κ3) is 7.52. The third-order valence-electron chi connectivity index (χ3n) is 2.46. The molecule has 0 aliphatic carbocycles. The zero-order chi connectivity index (χ0) is 14.1. The molecule has 2 unspecified atom stereocenters. The molecule has 0 aromatic heterocycles. The molecule has 0 aliphatic rings. The lowest BCUT2D eigenvalue weighted by molar-refractivity contribution is 0.107. The van der Waals surface area contributed by atoms with Crippen LogP contribution in [0.2, 0.25) is 5.02 Å². The molecule has 0 radical (unpaired) electrons. The number of hydrogen-bond donors (Lipinski definition) is 2. The van der Waals surface area contributed by atoms with E-state index in [1.54, 1.807) is 24.3 Å². The topological polar surface area (TPSA) is 58.6 Å². The second kappa shape index (κ2) is 9.31. The molecule has 2 atom stereocenters. The van der Waals surface area contributed by atoms with E-state index in [4.69, 9.17) is 16.3 Å². The summed E-state index contributed by atoms with van der Waals surface area (Å²) >= 11 is 5.76. The Morgan fingerprint density at radius 3 is 2.74 bits per heavy atom. The highest BCUT2D eigenvalue weighted by Crippen LogP contribution is 2.15. The average Bonchev–Trinajstić information content (AvgIpc) is 2.42. The maximum absolute atomic E-state index is 11.2. The summed E-state index contributed by atoms with van der Waals surface area (Å²) in [6.45, 7) is 3.17. The van der Waals surface area contributed by atoms with Crippen LogP contribution in [0.1, 0.15) is 6.92 Å². The summed E-state index contributed by atoms with van der Waals surface area (Å²) in [6.07, 6.45) is -0.592. The van der Waals surface area contributed by atoms with E-state index in [2.05, 4.69) is 5.32 Å². The number of halogens is 1. The van der Waals surface area contributed by atoms with Gasteiger partial charge in [-0.2, -0.15) is 0 Å². The second-order valence-corrected chi connectivity index (χ2v) is 6.36. The maximum atomic E-state index is 11.2. The van der Waals surface area contributed by atoms with Crippen LogP contribution in [-0.4, -0.2) is 46.6 Å². The van der Waals surface area contributed by atoms with Crippen LogP contribution in [0.25, 0.3) is 0 Å². The molecule has 0 saturated heterocycles. The first-order valence-corrected chi connectivity index (χ1v) is 8.10. The number of ether oxygens (including phenoxy) is 1. The van der Waals surface area contributed by atoms with Crippen molar-refractivity contribution >= 4 is 22.4 Å². The van der Waals surface area contributed by atoms with E-state index in [0.29, 0.717) is 35.4 Å². The van der Waals surface area contributed by atoms with Crippen LogP contribution in [0.5, 0.6) is 5.75 Å². The smallest absolute Gasteiger partial charge is 0.119 e. The SMILES string of the molecule is CCS(=O)CCNCC(O)COc1ccc(Cl)cc1. The van der Waals surface area contributed by atoms with Crippen molar-refractivity contribution in [3.05, 3.63) is 29.3 Å². The Balaban J connectivity index is 2.12. The molecule has 0 heterocycles. The van der Waals surface area contributed by atoms with Crippen LogP contribution in [0.4, 0.5) is 0 Å². The summed E-state index contributed by atoms with van der Waals surface area (Å²) in [6, 6.07) is 6.99. The van der Waals surface area contributed by atoms with Gasteiger partial charge in [-0.25, -0.2) is 0 Å². The summed E-state index contributed by atoms with van der Waals surface area (Å²) in [4.78, 5) is 0. The van der Waals surface area contributed by atoms with Crippen LogP contribution in [0, 0.1) is 0 Å². The first kappa shape index (κ1) is 16.4. The van der Waals surface area contributed by atoms with Gasteiger partial charge in [0.15, 0.2) is 0 Å². The normalized spacial score (nSPS) is 14.1. The van der Waals surface area contributed by atoms with Gasteiger partial charge in [0.25, 0.3) is 0 Å². The van der Waals surface area contributed by atoms with Crippen molar-refractivity contribution in [3.8, 4) is 5.75 Å². The van der Waals surface area contributed by atoms with Gasteiger partial charge >= 0.3 is 0 Å². The molecule has 0 saturated carbocycles. The van der Waals surface area contributed by atoms with E-state index in [-0.39, 0.29) is 6.61 Å². The Hall–Kier alpha value is -0.620. The molecule has 1 rings (SSSR count). The number of benzene rings is 1. The Morgan fingerprint density at radius 1 is 1.42 bits per heavy atom. The van der Waals surface area contributed by atoms with E-state index in [1.807, 2.05) is 6.92 Å². The molecule has 6 heteroatoms. The summed E-state index contributed by atoms with van der Waals surface area (Å²) in [7, 11) is -0.765. The molecule has 4 nitrogen and oxygen atoms in total. The molecule has 108 valence electrons. The fourth-order valence-electron chi connectivity index (χ4n) is 1.38. The minimum atomic E-state index is -0.765. The van der Waals surface area contributed by atoms with Crippen molar-refractivity contribution in [2.75, 3.05) is 31.2 Å². The predicted octanol–water partition coefficient (Wildman–Crippen LogP) is 1.44. The van der Waals surface area contributed by atoms with Crippen molar-refractivity contribution in [3.63, 3.8) is 0 Å². The zero-order valence-electron chi connectivity index (χ0n) is 11.0. The summed E-state index contributed by atoms with van der Waals surface area (Å²) < 4.78 is 16.6. The highest BCUT2D eigenvalue weighted by molar-refractivity contribution is 7.84. The second-order valence-electron chi connectivity index (χ2n) is 4.06. The minimum Gasteiger partial charge on any atom is -0.491 e. The van der Waals surface area contributed by atoms with E-state index in [9.17, 15) is 9.32 Å². The molecule has 1 aromatic carbocycles. The van der Waals surface area contributed by atoms with Gasteiger partial charge in [-0.15, -0.1) is 0 Å². The minimum absolute atomic E-state index is 0.214. The maximum Gasteiger partial charge on any atom is 0.119 e. The molecule has 19 heavy (non-hydrogen) atoms. The third-order valence-corrected chi connectivity index (χ3v) is 4.02. The van der Waals surface area contributed by atoms with Gasteiger partial charge in [-0.05, 0) is 24.3 Å². The van der Waals surface area contributed by atoms with E-state index in [0.717, 1.165) is 0 Å². The molecule has 0 aliphatic heterocycles. The van der Waals surface area contributed by atoms with Gasteiger partial charge in [0.2, 0.25) is 0 Å². The van der Waals surface area contributed by atoms with Gasteiger partial charge in [0, 0.05) is 40.4 Å². The molecule has 0 fully saturated rings. The number of nitrogens with one attached hydrogen (secondary N) is 1. The first-order chi connectivity index (χ1) is 9.11. The van der Waals surface area contributed by atoms with Crippen LogP contribution in [0.3, 0.4) is 0 Å². The Morgan fingerprint density at radius 2 is 2.11 bits per heavy atom. The Labute approximate surface area is 121 Å². The molecular formula is C13H20ClNO3S. The van der Waals surface area contributed by atoms with E-state index >= 15 is 0 Å². The predicted molar refractivity (Wildman–Crippen MR) is 79.4 cm³/mol. The molecule has 0 bridgehead atoms. The van der Waals surface area contributed by atoms with Gasteiger partial charge in [0.05, 0.1) is 0 Å². The zero-order valence-corrected chi connectivity index (χ0v) is 12.5. The van der Waals surface area contributed by atoms with Crippen molar-refractivity contribution in [2.24, 2.45) is 0 Å². The van der Waals surface area contributed by atoms with Crippen LogP contribution < -0.4 is 10.1 Å². The van der Waals surface area contributed by atoms with Gasteiger partial charge in [0.1, 0.15) is 18.5 Å². The summed E-state index contributed by atoms with van der Waals surface area (Å²) in [5, 5.41) is 13.4. The van der Waals surface area contributed by atoms with Crippen molar-refractivity contribution in [2.45, 2.75) is 13.0 Å². The van der Waals surface area contributed by atoms with E-state index < -0.39 is 16.9 Å². The van der Waals surface area contributed by atoms with Gasteiger partial charge < -0.3 is 15.2 Å². The number of aliphatic hydroxyl groups is 1. The van der Waals surface area contributed by atoms with Gasteiger partial charge in [-0.3, -0.25) is 4.21 Å². The number of aliphatic hydroxyl groups excluding tert-OH is 1. The lowest BCUT2D eigenvalue weighted by atomic mass is 10.3. The Kier molecular flexibility index (Phi) is 8.05. The monoisotopic (exact) mass is 305 g/mol. The molecule has 1 aromatic rings. The van der Waals surface area contributed by atoms with Crippen molar-refractivity contribution in [1.82, 2.24) is 5.32 Å². The fourth-order valence-corrected chi connectivity index (χ4v) is 2.17. The van der Waals surface area contributed by atoms with Crippen LogP contribution >= 0.6 is 11.6 Å². The first-order valence-electron chi connectivity index (χ1n) is 6.24. The highest BCUT2D eigenvalue weighted by atomic mass is 35.5. The lowest BCUT2D eigenvalue weighted by Gasteiger charge is -2.13. The van der Waals surface area contributed by atoms with Crippen molar-refractivity contribution < 1.29 is 14.1 Å². The average molecular weight is 306 g/mol. The quantitative estimate of drug-likeness (QED) is 0.678. The fraction of sp³-hybridized carbons (Fsp3) is 0.538. The summed E-state index contributed by atoms with van der Waals surface area (Å²) in [5.41, 5.74) is 0. The summed E-state index contributed by atoms with van der Waals surface area (Å²) in [5.74, 6) is 1.96. The number of rotatable bonds is 9. The van der Waals surface area contributed by atoms with Gasteiger partial charge in [-0.1, -0.05) is 18.5 Å². The molecule has 0 amide bonds. The van der Waals surface area contributed by atoms with E-state index in [1.165, 1.54) is 0 Å². The molecule has 0 spiro atoms. The van der Waals surface area contributed by atoms with Crippen LogP contribution in [-0.2, 0) is 10.8 Å². The molecule has 2 N–H and O–H groups in total. The van der Waals surface area contributed by atoms with Crippen LogP contribution in [0.15, 0.2) is 24.3 Å². The number of hydrogen-bond acceptors (Lipinski definition) is 4. The Bertz CT molecular complexity index is 386. The standard InChI is InChI=1S/C13H20ClNO3S/c1-2-19(17)8-7-15-9-12(16)10-18-13-5-3-11(14)4-6-13/h3-6,12,15-16H,2,7-10H2,1H3. The van der Waals surface area contributed by atoms with Crippen molar-refractivity contribution in [1.29, 1.82) is 0 Å². The molecular weight excluding hydrogens is 286 g/mol. The largest absolute Gasteiger partial charge is 0.491 e. The highest BCUT2D eigenvalue weighted by Gasteiger charge is 2.05.